The number of pyridine rings is 1. The van der Waals surface area contributed by atoms with Crippen molar-refractivity contribution in [3.05, 3.63) is 83.6 Å². The van der Waals surface area contributed by atoms with Gasteiger partial charge in [0.15, 0.2) is 5.82 Å². The largest absolute Gasteiger partial charge is 0.324 e. The maximum absolute atomic E-state index is 5.10. The maximum atomic E-state index is 5.10. The lowest BCUT2D eigenvalue weighted by Crippen LogP contribution is -2.24. The molecule has 0 aliphatic carbocycles. The topological polar surface area (TPSA) is 31.7 Å². The molecule has 0 amide bonds. The van der Waals surface area contributed by atoms with Crippen LogP contribution in [0.25, 0.3) is 0 Å². The number of hydrogen-bond donors (Lipinski definition) is 0. The highest BCUT2D eigenvalue weighted by Gasteiger charge is 2.24. The predicted molar refractivity (Wildman–Crippen MR) is 122 cm³/mol. The van der Waals surface area contributed by atoms with E-state index in [-0.39, 0.29) is 0 Å². The molecule has 3 aromatic rings. The molecule has 0 spiro atoms. The molecule has 0 saturated carbocycles. The quantitative estimate of drug-likeness (QED) is 0.584. The normalized spacial score (nSPS) is 13.0. The molecule has 0 saturated heterocycles. The van der Waals surface area contributed by atoms with Gasteiger partial charge in [0.05, 0.1) is 11.4 Å². The van der Waals surface area contributed by atoms with Crippen LogP contribution in [0.3, 0.4) is 0 Å². The molecule has 0 unspecified atom stereocenters. The van der Waals surface area contributed by atoms with E-state index >= 15 is 0 Å². The van der Waals surface area contributed by atoms with Crippen LogP contribution in [0, 0.1) is 0 Å². The average molecular weight is 385 g/mol. The van der Waals surface area contributed by atoms with Gasteiger partial charge in [0.1, 0.15) is 5.69 Å². The molecule has 2 heterocycles. The van der Waals surface area contributed by atoms with Crippen LogP contribution in [-0.2, 0) is 6.42 Å². The van der Waals surface area contributed by atoms with Crippen molar-refractivity contribution in [3.8, 4) is 0 Å². The van der Waals surface area contributed by atoms with Crippen LogP contribution in [0.1, 0.15) is 30.0 Å². The van der Waals surface area contributed by atoms with Crippen LogP contribution >= 0.6 is 0 Å². The third kappa shape index (κ3) is 4.08. The summed E-state index contributed by atoms with van der Waals surface area (Å²) in [5.41, 5.74) is 6.72. The Morgan fingerprint density at radius 3 is 2.48 bits per heavy atom. The third-order valence-electron chi connectivity index (χ3n) is 5.33. The molecule has 0 bridgehead atoms. The van der Waals surface area contributed by atoms with E-state index in [0.717, 1.165) is 54.3 Å². The van der Waals surface area contributed by atoms with Crippen molar-refractivity contribution in [3.63, 3.8) is 0 Å². The Labute approximate surface area is 173 Å². The zero-order valence-electron chi connectivity index (χ0n) is 17.5. The van der Waals surface area contributed by atoms with E-state index in [1.54, 1.807) is 0 Å². The minimum Gasteiger partial charge on any atom is -0.324 e. The zero-order chi connectivity index (χ0) is 20.2. The highest BCUT2D eigenvalue weighted by atomic mass is 15.2. The molecule has 1 aliphatic rings. The molecule has 1 aromatic heterocycles. The summed E-state index contributed by atoms with van der Waals surface area (Å²) >= 11 is 0. The Bertz CT molecular complexity index is 1010. The van der Waals surface area contributed by atoms with Gasteiger partial charge in [-0.05, 0) is 57.2 Å². The Morgan fingerprint density at radius 1 is 0.931 bits per heavy atom. The predicted octanol–water partition coefficient (Wildman–Crippen LogP) is 5.22. The second kappa shape index (κ2) is 8.58. The zero-order valence-corrected chi connectivity index (χ0v) is 17.5. The van der Waals surface area contributed by atoms with Crippen molar-refractivity contribution in [2.75, 3.05) is 32.1 Å². The van der Waals surface area contributed by atoms with E-state index < -0.39 is 0 Å². The van der Waals surface area contributed by atoms with Crippen molar-refractivity contribution >= 4 is 22.9 Å². The molecule has 29 heavy (non-hydrogen) atoms. The van der Waals surface area contributed by atoms with Crippen LogP contribution in [-0.4, -0.2) is 42.8 Å². The second-order valence-electron chi connectivity index (χ2n) is 7.68. The molecular formula is C25H28N4. The lowest BCUT2D eigenvalue weighted by atomic mass is 9.98. The highest BCUT2D eigenvalue weighted by molar-refractivity contribution is 6.18. The molecule has 0 N–H and O–H groups in total. The summed E-state index contributed by atoms with van der Waals surface area (Å²) in [6, 6.07) is 21.4. The van der Waals surface area contributed by atoms with Crippen LogP contribution in [0.15, 0.2) is 71.9 Å². The number of hydrogen-bond acceptors (Lipinski definition) is 4. The van der Waals surface area contributed by atoms with Gasteiger partial charge >= 0.3 is 0 Å². The van der Waals surface area contributed by atoms with Gasteiger partial charge in [-0.2, -0.15) is 0 Å². The van der Waals surface area contributed by atoms with E-state index in [0.29, 0.717) is 0 Å². The third-order valence-corrected chi connectivity index (χ3v) is 5.33. The molecular weight excluding hydrogens is 356 g/mol. The molecule has 148 valence electrons. The summed E-state index contributed by atoms with van der Waals surface area (Å²) in [7, 11) is 4.23. The number of rotatable bonds is 6. The van der Waals surface area contributed by atoms with Crippen LogP contribution in [0.4, 0.5) is 17.2 Å². The monoisotopic (exact) mass is 384 g/mol. The molecule has 4 rings (SSSR count). The van der Waals surface area contributed by atoms with Crippen molar-refractivity contribution in [1.82, 2.24) is 9.88 Å². The van der Waals surface area contributed by atoms with Crippen molar-refractivity contribution in [2.24, 2.45) is 4.99 Å². The van der Waals surface area contributed by atoms with E-state index in [4.69, 9.17) is 9.98 Å². The first kappa shape index (κ1) is 19.3. The van der Waals surface area contributed by atoms with Crippen molar-refractivity contribution in [1.29, 1.82) is 0 Å². The number of benzene rings is 2. The van der Waals surface area contributed by atoms with Gasteiger partial charge in [-0.25, -0.2) is 9.98 Å². The fourth-order valence-corrected chi connectivity index (χ4v) is 3.78. The van der Waals surface area contributed by atoms with E-state index in [1.165, 1.54) is 11.3 Å². The van der Waals surface area contributed by atoms with Gasteiger partial charge in [-0.15, -0.1) is 0 Å². The van der Waals surface area contributed by atoms with Gasteiger partial charge in [0.25, 0.3) is 0 Å². The van der Waals surface area contributed by atoms with Gasteiger partial charge in [-0.3, -0.25) is 0 Å². The first-order valence-electron chi connectivity index (χ1n) is 10.3. The number of nitrogens with zero attached hydrogens (tertiary/aromatic N) is 4. The summed E-state index contributed by atoms with van der Waals surface area (Å²) in [5, 5.41) is 0. The summed E-state index contributed by atoms with van der Waals surface area (Å²) < 4.78 is 0. The summed E-state index contributed by atoms with van der Waals surface area (Å²) in [6.45, 7) is 4.12. The Kier molecular flexibility index (Phi) is 5.72. The minimum atomic E-state index is 0.900. The fourth-order valence-electron chi connectivity index (χ4n) is 3.78. The van der Waals surface area contributed by atoms with Gasteiger partial charge in [0, 0.05) is 23.9 Å². The molecule has 0 atom stereocenters. The van der Waals surface area contributed by atoms with Crippen LogP contribution < -0.4 is 4.90 Å². The first-order valence-corrected chi connectivity index (χ1v) is 10.3. The lowest BCUT2D eigenvalue weighted by Gasteiger charge is -2.26. The molecule has 1 aliphatic heterocycles. The number of fused-ring (bicyclic) bond motifs is 2. The number of para-hydroxylation sites is 1. The maximum Gasteiger partial charge on any atom is 0.159 e. The average Bonchev–Trinajstić information content (AvgIpc) is 2.89. The van der Waals surface area contributed by atoms with Gasteiger partial charge in [0.2, 0.25) is 0 Å². The van der Waals surface area contributed by atoms with Crippen molar-refractivity contribution in [2.45, 2.75) is 19.8 Å². The van der Waals surface area contributed by atoms with Crippen molar-refractivity contribution < 1.29 is 0 Å². The summed E-state index contributed by atoms with van der Waals surface area (Å²) in [6.07, 6.45) is 3.95. The molecule has 2 aromatic carbocycles. The molecule has 0 radical (unpaired) electrons. The summed E-state index contributed by atoms with van der Waals surface area (Å²) in [5.74, 6) is 0.930. The first-order chi connectivity index (χ1) is 14.2. The molecule has 4 heteroatoms. The standard InChI is InChI=1S/C25H28N4/c1-4-19-12-14-20(15-13-19)24-21-9-5-6-11-23(21)29(18-8-17-28(2)3)25-22(27-24)10-7-16-26-25/h5-7,9-16H,4,8,17-18H2,1-3H3. The molecule has 4 nitrogen and oxygen atoms in total. The van der Waals surface area contributed by atoms with Crippen LogP contribution in [0.2, 0.25) is 0 Å². The van der Waals surface area contributed by atoms with Gasteiger partial charge in [-0.1, -0.05) is 49.4 Å². The molecule has 0 fully saturated rings. The fraction of sp³-hybridized carbons (Fsp3) is 0.280. The van der Waals surface area contributed by atoms with Crippen LogP contribution in [0.5, 0.6) is 0 Å². The lowest BCUT2D eigenvalue weighted by molar-refractivity contribution is 0.402. The van der Waals surface area contributed by atoms with E-state index in [1.807, 2.05) is 12.3 Å². The number of aryl methyl sites for hydroxylation is 1. The minimum absolute atomic E-state index is 0.900. The van der Waals surface area contributed by atoms with E-state index in [2.05, 4.69) is 85.4 Å². The Balaban J connectivity index is 1.83. The summed E-state index contributed by atoms with van der Waals surface area (Å²) in [4.78, 5) is 14.4. The SMILES string of the molecule is CCc1ccc(C2=Nc3cccnc3N(CCCN(C)C)c3ccccc32)cc1. The number of aromatic nitrogens is 1. The number of anilines is 2. The van der Waals surface area contributed by atoms with E-state index in [9.17, 15) is 0 Å². The smallest absolute Gasteiger partial charge is 0.159 e. The highest BCUT2D eigenvalue weighted by Crippen LogP contribution is 2.39. The van der Waals surface area contributed by atoms with Gasteiger partial charge < -0.3 is 9.80 Å². The Morgan fingerprint density at radius 2 is 1.72 bits per heavy atom. The number of aliphatic imine (C=N–C) groups is 1. The second-order valence-corrected chi connectivity index (χ2v) is 7.68. The Hall–Kier alpha value is -2.98.